The van der Waals surface area contributed by atoms with Crippen LogP contribution in [0, 0.1) is 6.92 Å². The number of hydrogen-bond donors (Lipinski definition) is 1. The van der Waals surface area contributed by atoms with E-state index in [0.29, 0.717) is 6.61 Å². The van der Waals surface area contributed by atoms with Crippen LogP contribution in [0.5, 0.6) is 0 Å². The van der Waals surface area contributed by atoms with E-state index in [9.17, 15) is 0 Å². The molecule has 0 spiro atoms. The Labute approximate surface area is 98.7 Å². The molecule has 0 fully saturated rings. The van der Waals surface area contributed by atoms with Gasteiger partial charge in [0.2, 0.25) is 0 Å². The normalized spacial score (nSPS) is 12.9. The van der Waals surface area contributed by atoms with E-state index in [-0.39, 0.29) is 6.04 Å². The standard InChI is InChI=1S/C11H15N3OS/c1-7-5-16-11-9(7)10(12-6-13-11)14-8(2)4-15-3/h5-6,8H,4H2,1-3H3,(H,12,13,14). The third-order valence-electron chi connectivity index (χ3n) is 2.35. The highest BCUT2D eigenvalue weighted by atomic mass is 32.1. The van der Waals surface area contributed by atoms with E-state index in [2.05, 4.69) is 34.5 Å². The van der Waals surface area contributed by atoms with Gasteiger partial charge in [-0.15, -0.1) is 11.3 Å². The molecule has 86 valence electrons. The Morgan fingerprint density at radius 1 is 1.50 bits per heavy atom. The van der Waals surface area contributed by atoms with Crippen LogP contribution in [0.1, 0.15) is 12.5 Å². The van der Waals surface area contributed by atoms with Crippen molar-refractivity contribution < 1.29 is 4.74 Å². The fraction of sp³-hybridized carbons (Fsp3) is 0.455. The van der Waals surface area contributed by atoms with Gasteiger partial charge in [0.25, 0.3) is 0 Å². The van der Waals surface area contributed by atoms with Crippen molar-refractivity contribution in [3.63, 3.8) is 0 Å². The van der Waals surface area contributed by atoms with Crippen LogP contribution in [0.25, 0.3) is 10.2 Å². The van der Waals surface area contributed by atoms with E-state index in [1.165, 1.54) is 5.56 Å². The molecule has 0 saturated heterocycles. The lowest BCUT2D eigenvalue weighted by atomic mass is 10.2. The number of methoxy groups -OCH3 is 1. The van der Waals surface area contributed by atoms with Crippen molar-refractivity contribution in [1.29, 1.82) is 0 Å². The van der Waals surface area contributed by atoms with Crippen LogP contribution < -0.4 is 5.32 Å². The van der Waals surface area contributed by atoms with E-state index in [4.69, 9.17) is 4.74 Å². The molecule has 0 aromatic carbocycles. The van der Waals surface area contributed by atoms with E-state index in [0.717, 1.165) is 16.0 Å². The van der Waals surface area contributed by atoms with Gasteiger partial charge in [0.05, 0.1) is 12.0 Å². The average Bonchev–Trinajstić information content (AvgIpc) is 2.62. The van der Waals surface area contributed by atoms with E-state index < -0.39 is 0 Å². The van der Waals surface area contributed by atoms with Crippen molar-refractivity contribution in [2.24, 2.45) is 0 Å². The molecule has 4 nitrogen and oxygen atoms in total. The predicted octanol–water partition coefficient (Wildman–Crippen LogP) is 2.45. The van der Waals surface area contributed by atoms with Crippen molar-refractivity contribution in [3.8, 4) is 0 Å². The molecular weight excluding hydrogens is 222 g/mol. The first-order chi connectivity index (χ1) is 7.72. The quantitative estimate of drug-likeness (QED) is 0.887. The molecule has 1 unspecified atom stereocenters. The van der Waals surface area contributed by atoms with Crippen molar-refractivity contribution in [2.75, 3.05) is 19.0 Å². The van der Waals surface area contributed by atoms with Crippen LogP contribution in [-0.2, 0) is 4.74 Å². The summed E-state index contributed by atoms with van der Waals surface area (Å²) in [5.41, 5.74) is 1.22. The molecule has 1 atom stereocenters. The lowest BCUT2D eigenvalue weighted by molar-refractivity contribution is 0.190. The van der Waals surface area contributed by atoms with Gasteiger partial charge >= 0.3 is 0 Å². The third kappa shape index (κ3) is 2.15. The lowest BCUT2D eigenvalue weighted by Crippen LogP contribution is -2.21. The Bertz CT molecular complexity index is 483. The van der Waals surface area contributed by atoms with Crippen LogP contribution in [0.4, 0.5) is 5.82 Å². The summed E-state index contributed by atoms with van der Waals surface area (Å²) >= 11 is 1.65. The zero-order valence-corrected chi connectivity index (χ0v) is 10.5. The SMILES string of the molecule is COCC(C)Nc1ncnc2scc(C)c12. The molecule has 2 heterocycles. The van der Waals surface area contributed by atoms with Gasteiger partial charge in [-0.05, 0) is 24.8 Å². The lowest BCUT2D eigenvalue weighted by Gasteiger charge is -2.14. The van der Waals surface area contributed by atoms with Gasteiger partial charge in [-0.2, -0.15) is 0 Å². The molecule has 0 aliphatic carbocycles. The zero-order chi connectivity index (χ0) is 11.5. The summed E-state index contributed by atoms with van der Waals surface area (Å²) in [5.74, 6) is 0.897. The van der Waals surface area contributed by atoms with Gasteiger partial charge in [0, 0.05) is 13.2 Å². The third-order valence-corrected chi connectivity index (χ3v) is 3.36. The highest BCUT2D eigenvalue weighted by Gasteiger charge is 2.10. The summed E-state index contributed by atoms with van der Waals surface area (Å²) in [6.45, 7) is 4.81. The van der Waals surface area contributed by atoms with E-state index in [1.807, 2.05) is 0 Å². The highest BCUT2D eigenvalue weighted by Crippen LogP contribution is 2.28. The summed E-state index contributed by atoms with van der Waals surface area (Å²) in [6.07, 6.45) is 1.60. The Morgan fingerprint density at radius 2 is 2.31 bits per heavy atom. The number of rotatable bonds is 4. The highest BCUT2D eigenvalue weighted by molar-refractivity contribution is 7.17. The Balaban J connectivity index is 2.32. The van der Waals surface area contributed by atoms with E-state index in [1.54, 1.807) is 24.8 Å². The summed E-state index contributed by atoms with van der Waals surface area (Å²) in [6, 6.07) is 0.238. The first-order valence-corrected chi connectivity index (χ1v) is 6.04. The molecule has 0 aliphatic rings. The number of nitrogens with zero attached hydrogens (tertiary/aromatic N) is 2. The Hall–Kier alpha value is -1.20. The molecule has 1 N–H and O–H groups in total. The predicted molar refractivity (Wildman–Crippen MR) is 67.1 cm³/mol. The van der Waals surface area contributed by atoms with Gasteiger partial charge in [-0.3, -0.25) is 0 Å². The molecule has 0 amide bonds. The number of thiophene rings is 1. The summed E-state index contributed by atoms with van der Waals surface area (Å²) < 4.78 is 5.10. The number of hydrogen-bond acceptors (Lipinski definition) is 5. The van der Waals surface area contributed by atoms with Crippen LogP contribution in [0.2, 0.25) is 0 Å². The van der Waals surface area contributed by atoms with Crippen molar-refractivity contribution >= 4 is 27.4 Å². The molecule has 5 heteroatoms. The van der Waals surface area contributed by atoms with Crippen molar-refractivity contribution in [1.82, 2.24) is 9.97 Å². The zero-order valence-electron chi connectivity index (χ0n) is 9.65. The molecule has 2 aromatic rings. The maximum Gasteiger partial charge on any atom is 0.138 e. The summed E-state index contributed by atoms with van der Waals surface area (Å²) in [7, 11) is 1.70. The molecule has 0 bridgehead atoms. The first-order valence-electron chi connectivity index (χ1n) is 5.16. The number of ether oxygens (including phenoxy) is 1. The molecular formula is C11H15N3OS. The summed E-state index contributed by atoms with van der Waals surface area (Å²) in [4.78, 5) is 9.57. The van der Waals surface area contributed by atoms with Gasteiger partial charge in [0.1, 0.15) is 17.0 Å². The molecule has 0 saturated carbocycles. The first kappa shape index (κ1) is 11.3. The van der Waals surface area contributed by atoms with Gasteiger partial charge in [0.15, 0.2) is 0 Å². The van der Waals surface area contributed by atoms with E-state index >= 15 is 0 Å². The fourth-order valence-corrected chi connectivity index (χ4v) is 2.54. The smallest absolute Gasteiger partial charge is 0.138 e. The van der Waals surface area contributed by atoms with Gasteiger partial charge in [-0.25, -0.2) is 9.97 Å². The van der Waals surface area contributed by atoms with Gasteiger partial charge in [-0.1, -0.05) is 0 Å². The van der Waals surface area contributed by atoms with Crippen LogP contribution in [0.3, 0.4) is 0 Å². The second kappa shape index (κ2) is 4.76. The number of aryl methyl sites for hydroxylation is 1. The minimum atomic E-state index is 0.238. The molecule has 0 aliphatic heterocycles. The number of aromatic nitrogens is 2. The Morgan fingerprint density at radius 3 is 3.06 bits per heavy atom. The van der Waals surface area contributed by atoms with Crippen molar-refractivity contribution in [2.45, 2.75) is 19.9 Å². The van der Waals surface area contributed by atoms with Crippen LogP contribution in [-0.4, -0.2) is 29.7 Å². The molecule has 2 aromatic heterocycles. The number of fused-ring (bicyclic) bond motifs is 1. The monoisotopic (exact) mass is 237 g/mol. The maximum absolute atomic E-state index is 5.10. The largest absolute Gasteiger partial charge is 0.383 e. The minimum Gasteiger partial charge on any atom is -0.383 e. The average molecular weight is 237 g/mol. The molecule has 2 rings (SSSR count). The molecule has 0 radical (unpaired) electrons. The van der Waals surface area contributed by atoms with Gasteiger partial charge < -0.3 is 10.1 Å². The van der Waals surface area contributed by atoms with Crippen LogP contribution in [0.15, 0.2) is 11.7 Å². The van der Waals surface area contributed by atoms with Crippen LogP contribution >= 0.6 is 11.3 Å². The minimum absolute atomic E-state index is 0.238. The second-order valence-electron chi connectivity index (χ2n) is 3.82. The summed E-state index contributed by atoms with van der Waals surface area (Å²) in [5, 5.41) is 6.57. The molecule has 16 heavy (non-hydrogen) atoms. The second-order valence-corrected chi connectivity index (χ2v) is 4.68. The number of nitrogens with one attached hydrogen (secondary N) is 1. The Kier molecular flexibility index (Phi) is 3.36. The maximum atomic E-state index is 5.10. The number of anilines is 1. The fourth-order valence-electron chi connectivity index (χ4n) is 1.65. The van der Waals surface area contributed by atoms with Crippen molar-refractivity contribution in [3.05, 3.63) is 17.3 Å². The topological polar surface area (TPSA) is 47.0 Å².